The van der Waals surface area contributed by atoms with Gasteiger partial charge in [0.15, 0.2) is 0 Å². The first-order valence-corrected chi connectivity index (χ1v) is 9.43. The van der Waals surface area contributed by atoms with E-state index >= 15 is 0 Å². The summed E-state index contributed by atoms with van der Waals surface area (Å²) >= 11 is 1.98. The minimum Gasteiger partial charge on any atom is -0.370 e. The standard InChI is InChI=1S/C16H26N4S/c1-4-17-14-10(2)15(20-16(19-14)11-8-9-11)18-12-6-5-7-13(12)21-3/h11-13H,4-9H2,1-3H3,(H2,17,18,19,20). The van der Waals surface area contributed by atoms with E-state index in [0.717, 1.165) is 29.6 Å². The Hall–Kier alpha value is -0.970. The molecule has 0 spiro atoms. The highest BCUT2D eigenvalue weighted by Gasteiger charge is 2.30. The van der Waals surface area contributed by atoms with Gasteiger partial charge in [0.05, 0.1) is 0 Å². The Morgan fingerprint density at radius 2 is 1.90 bits per heavy atom. The predicted octanol–water partition coefficient (Wildman–Crippen LogP) is 3.79. The molecule has 0 saturated heterocycles. The molecule has 2 unspecified atom stereocenters. The lowest BCUT2D eigenvalue weighted by molar-refractivity contribution is 0.757. The number of anilines is 2. The summed E-state index contributed by atoms with van der Waals surface area (Å²) in [7, 11) is 0. The molecule has 2 saturated carbocycles. The maximum absolute atomic E-state index is 4.84. The van der Waals surface area contributed by atoms with Crippen LogP contribution in [-0.2, 0) is 0 Å². The van der Waals surface area contributed by atoms with Crippen LogP contribution in [0.4, 0.5) is 11.6 Å². The van der Waals surface area contributed by atoms with Crippen molar-refractivity contribution in [3.63, 3.8) is 0 Å². The second-order valence-corrected chi connectivity index (χ2v) is 7.24. The first kappa shape index (κ1) is 14.9. The second-order valence-electron chi connectivity index (χ2n) is 6.16. The lowest BCUT2D eigenvalue weighted by Crippen LogP contribution is -2.27. The normalized spacial score (nSPS) is 25.1. The van der Waals surface area contributed by atoms with Crippen molar-refractivity contribution in [1.29, 1.82) is 0 Å². The van der Waals surface area contributed by atoms with Gasteiger partial charge in [0, 0.05) is 29.3 Å². The van der Waals surface area contributed by atoms with Crippen LogP contribution in [0.15, 0.2) is 0 Å². The molecule has 2 fully saturated rings. The van der Waals surface area contributed by atoms with Gasteiger partial charge in [0.25, 0.3) is 0 Å². The summed E-state index contributed by atoms with van der Waals surface area (Å²) in [6, 6.07) is 0.551. The van der Waals surface area contributed by atoms with E-state index in [4.69, 9.17) is 9.97 Å². The fraction of sp³-hybridized carbons (Fsp3) is 0.750. The average Bonchev–Trinajstić information content (AvgIpc) is 3.23. The summed E-state index contributed by atoms with van der Waals surface area (Å²) in [5.74, 6) is 3.67. The summed E-state index contributed by atoms with van der Waals surface area (Å²) in [5, 5.41) is 7.83. The van der Waals surface area contributed by atoms with E-state index in [1.807, 2.05) is 11.8 Å². The fourth-order valence-electron chi connectivity index (χ4n) is 3.09. The van der Waals surface area contributed by atoms with Gasteiger partial charge in [-0.3, -0.25) is 0 Å². The topological polar surface area (TPSA) is 49.8 Å². The summed E-state index contributed by atoms with van der Waals surface area (Å²) in [6.45, 7) is 5.14. The second kappa shape index (κ2) is 6.42. The van der Waals surface area contributed by atoms with E-state index in [1.165, 1.54) is 32.1 Å². The molecule has 3 rings (SSSR count). The van der Waals surface area contributed by atoms with Crippen LogP contribution < -0.4 is 10.6 Å². The molecule has 5 heteroatoms. The van der Waals surface area contributed by atoms with E-state index in [0.29, 0.717) is 17.2 Å². The van der Waals surface area contributed by atoms with Crippen LogP contribution in [0.3, 0.4) is 0 Å². The molecule has 116 valence electrons. The molecule has 2 N–H and O–H groups in total. The number of nitrogens with zero attached hydrogens (tertiary/aromatic N) is 2. The Kier molecular flexibility index (Phi) is 4.57. The molecule has 2 aliphatic carbocycles. The van der Waals surface area contributed by atoms with Crippen molar-refractivity contribution >= 4 is 23.4 Å². The van der Waals surface area contributed by atoms with E-state index < -0.39 is 0 Å². The van der Waals surface area contributed by atoms with Crippen LogP contribution in [0, 0.1) is 6.92 Å². The van der Waals surface area contributed by atoms with Crippen LogP contribution in [0.1, 0.15) is 56.3 Å². The number of rotatable bonds is 6. The van der Waals surface area contributed by atoms with Crippen LogP contribution >= 0.6 is 11.8 Å². The molecule has 0 amide bonds. The zero-order valence-corrected chi connectivity index (χ0v) is 14.1. The Morgan fingerprint density at radius 3 is 2.57 bits per heavy atom. The van der Waals surface area contributed by atoms with Crippen molar-refractivity contribution in [3.05, 3.63) is 11.4 Å². The SMILES string of the molecule is CCNc1nc(C2CC2)nc(NC2CCCC2SC)c1C. The molecule has 2 aliphatic rings. The molecule has 1 aromatic rings. The number of hydrogen-bond donors (Lipinski definition) is 2. The van der Waals surface area contributed by atoms with Gasteiger partial charge in [-0.1, -0.05) is 6.42 Å². The highest BCUT2D eigenvalue weighted by molar-refractivity contribution is 7.99. The van der Waals surface area contributed by atoms with Gasteiger partial charge >= 0.3 is 0 Å². The molecule has 1 aromatic heterocycles. The lowest BCUT2D eigenvalue weighted by atomic mass is 10.2. The number of aromatic nitrogens is 2. The third kappa shape index (κ3) is 3.28. The largest absolute Gasteiger partial charge is 0.370 e. The molecule has 0 aliphatic heterocycles. The lowest BCUT2D eigenvalue weighted by Gasteiger charge is -2.22. The molecule has 2 atom stereocenters. The van der Waals surface area contributed by atoms with E-state index in [2.05, 4.69) is 30.7 Å². The van der Waals surface area contributed by atoms with Crippen molar-refractivity contribution in [3.8, 4) is 0 Å². The van der Waals surface area contributed by atoms with Gasteiger partial charge in [0.1, 0.15) is 17.5 Å². The van der Waals surface area contributed by atoms with Gasteiger partial charge in [-0.05, 0) is 45.8 Å². The van der Waals surface area contributed by atoms with Gasteiger partial charge < -0.3 is 10.6 Å². The Balaban J connectivity index is 1.85. The molecule has 0 radical (unpaired) electrons. The van der Waals surface area contributed by atoms with Gasteiger partial charge in [0.2, 0.25) is 0 Å². The Morgan fingerprint density at radius 1 is 1.14 bits per heavy atom. The highest BCUT2D eigenvalue weighted by Crippen LogP contribution is 2.40. The van der Waals surface area contributed by atoms with Crippen molar-refractivity contribution < 1.29 is 0 Å². The minimum absolute atomic E-state index is 0.551. The zero-order valence-electron chi connectivity index (χ0n) is 13.3. The molecule has 21 heavy (non-hydrogen) atoms. The maximum atomic E-state index is 4.84. The number of thioether (sulfide) groups is 1. The van der Waals surface area contributed by atoms with E-state index in [-0.39, 0.29) is 0 Å². The fourth-order valence-corrected chi connectivity index (χ4v) is 4.02. The predicted molar refractivity (Wildman–Crippen MR) is 91.5 cm³/mol. The van der Waals surface area contributed by atoms with Crippen molar-refractivity contribution in [2.24, 2.45) is 0 Å². The summed E-state index contributed by atoms with van der Waals surface area (Å²) in [4.78, 5) is 9.57. The average molecular weight is 306 g/mol. The third-order valence-corrected chi connectivity index (χ3v) is 5.70. The van der Waals surface area contributed by atoms with Crippen LogP contribution in [-0.4, -0.2) is 34.1 Å². The summed E-state index contributed by atoms with van der Waals surface area (Å²) in [6.07, 6.45) is 8.60. The quantitative estimate of drug-likeness (QED) is 0.837. The van der Waals surface area contributed by atoms with Gasteiger partial charge in [-0.15, -0.1) is 0 Å². The molecule has 1 heterocycles. The molecular weight excluding hydrogens is 280 g/mol. The Labute approximate surface area is 131 Å². The van der Waals surface area contributed by atoms with Crippen LogP contribution in [0.2, 0.25) is 0 Å². The van der Waals surface area contributed by atoms with Crippen LogP contribution in [0.5, 0.6) is 0 Å². The third-order valence-electron chi connectivity index (χ3n) is 4.53. The first-order valence-electron chi connectivity index (χ1n) is 8.14. The van der Waals surface area contributed by atoms with E-state index in [9.17, 15) is 0 Å². The smallest absolute Gasteiger partial charge is 0.136 e. The van der Waals surface area contributed by atoms with Gasteiger partial charge in [-0.2, -0.15) is 11.8 Å². The maximum Gasteiger partial charge on any atom is 0.136 e. The van der Waals surface area contributed by atoms with Crippen molar-refractivity contribution in [2.75, 3.05) is 23.4 Å². The molecule has 4 nitrogen and oxygen atoms in total. The first-order chi connectivity index (χ1) is 10.2. The summed E-state index contributed by atoms with van der Waals surface area (Å²) < 4.78 is 0. The number of hydrogen-bond acceptors (Lipinski definition) is 5. The minimum atomic E-state index is 0.551. The zero-order chi connectivity index (χ0) is 14.8. The van der Waals surface area contributed by atoms with Crippen LogP contribution in [0.25, 0.3) is 0 Å². The van der Waals surface area contributed by atoms with E-state index in [1.54, 1.807) is 0 Å². The van der Waals surface area contributed by atoms with Gasteiger partial charge in [-0.25, -0.2) is 9.97 Å². The van der Waals surface area contributed by atoms with Crippen molar-refractivity contribution in [2.45, 2.75) is 63.2 Å². The van der Waals surface area contributed by atoms with Crippen molar-refractivity contribution in [1.82, 2.24) is 9.97 Å². The molecular formula is C16H26N4S. The molecule has 0 aromatic carbocycles. The Bertz CT molecular complexity index is 501. The number of nitrogens with one attached hydrogen (secondary N) is 2. The monoisotopic (exact) mass is 306 g/mol. The summed E-state index contributed by atoms with van der Waals surface area (Å²) in [5.41, 5.74) is 1.16. The highest BCUT2D eigenvalue weighted by atomic mass is 32.2. The molecule has 0 bridgehead atoms.